The van der Waals surface area contributed by atoms with Gasteiger partial charge in [0.1, 0.15) is 5.82 Å². The van der Waals surface area contributed by atoms with E-state index in [4.69, 9.17) is 2.74 Å². The quantitative estimate of drug-likeness (QED) is 0.128. The first kappa shape index (κ1) is 30.3. The van der Waals surface area contributed by atoms with Gasteiger partial charge in [-0.15, -0.1) is 23.8 Å². The second-order valence-corrected chi connectivity index (χ2v) is 23.5. The van der Waals surface area contributed by atoms with Crippen molar-refractivity contribution in [2.24, 2.45) is 0 Å². The van der Waals surface area contributed by atoms with Crippen LogP contribution in [0.3, 0.4) is 0 Å². The second-order valence-electron chi connectivity index (χ2n) is 11.9. The van der Waals surface area contributed by atoms with Crippen LogP contribution in [0.15, 0.2) is 85.2 Å². The minimum atomic E-state index is -2.03. The molecule has 0 aliphatic rings. The van der Waals surface area contributed by atoms with Crippen molar-refractivity contribution < 1.29 is 27.2 Å². The molecule has 6 rings (SSSR count). The SMILES string of the molecule is [2H]C(C)(C)c1cc(-c2[c-]cccc2)nc[c]1[Ge]([CH3])([CH3])[CH3].[2H]C(C)(C)c1ccnc(-c2[c-]ccc3c2sc2ccc(F)cc23)c1.[Ir]. The zero-order valence-electron chi connectivity index (χ0n) is 27.6. The van der Waals surface area contributed by atoms with E-state index in [1.165, 1.54) is 10.5 Å². The van der Waals surface area contributed by atoms with Crippen molar-refractivity contribution in [1.29, 1.82) is 0 Å². The largest absolute Gasteiger partial charge is 0.305 e. The van der Waals surface area contributed by atoms with Gasteiger partial charge in [0.2, 0.25) is 0 Å². The normalized spacial score (nSPS) is 12.7. The predicted molar refractivity (Wildman–Crippen MR) is 181 cm³/mol. The Morgan fingerprint density at radius 3 is 2.30 bits per heavy atom. The van der Waals surface area contributed by atoms with Crippen molar-refractivity contribution in [3.63, 3.8) is 0 Å². The number of aromatic nitrogens is 2. The van der Waals surface area contributed by atoms with Crippen LogP contribution >= 0.6 is 11.3 Å². The maximum Gasteiger partial charge on any atom is 0.123 e. The van der Waals surface area contributed by atoms with E-state index < -0.39 is 25.1 Å². The first-order chi connectivity index (χ1) is 20.6. The first-order valence-corrected chi connectivity index (χ1v) is 22.3. The van der Waals surface area contributed by atoms with Crippen molar-refractivity contribution in [3.05, 3.63) is 114 Å². The van der Waals surface area contributed by atoms with E-state index in [0.717, 1.165) is 53.8 Å². The molecule has 2 nitrogen and oxygen atoms in total. The molecule has 43 heavy (non-hydrogen) atoms. The Morgan fingerprint density at radius 2 is 1.63 bits per heavy atom. The van der Waals surface area contributed by atoms with Gasteiger partial charge in [0.05, 0.1) is 0 Å². The Balaban J connectivity index is 0.000000204. The minimum Gasteiger partial charge on any atom is -0.305 e. The van der Waals surface area contributed by atoms with Crippen molar-refractivity contribution in [2.45, 2.75) is 56.8 Å². The number of halogens is 1. The summed E-state index contributed by atoms with van der Waals surface area (Å²) in [5.74, 6) is 5.53. The summed E-state index contributed by atoms with van der Waals surface area (Å²) < 4.78 is 33.7. The molecule has 3 heterocycles. The van der Waals surface area contributed by atoms with Gasteiger partial charge in [-0.1, -0.05) is 30.9 Å². The van der Waals surface area contributed by atoms with Crippen molar-refractivity contribution in [3.8, 4) is 22.5 Å². The molecule has 223 valence electrons. The Morgan fingerprint density at radius 1 is 0.837 bits per heavy atom. The summed E-state index contributed by atoms with van der Waals surface area (Å²) in [6, 6.07) is 29.0. The van der Waals surface area contributed by atoms with Gasteiger partial charge in [0.15, 0.2) is 0 Å². The average Bonchev–Trinajstić information content (AvgIpc) is 3.34. The summed E-state index contributed by atoms with van der Waals surface area (Å²) in [6.07, 6.45) is 3.74. The molecule has 0 aliphatic carbocycles. The number of hydrogen-bond donors (Lipinski definition) is 0. The molecule has 0 fully saturated rings. The van der Waals surface area contributed by atoms with E-state index in [1.54, 1.807) is 23.6 Å². The molecule has 0 saturated carbocycles. The fourth-order valence-electron chi connectivity index (χ4n) is 4.95. The Bertz CT molecular complexity index is 1940. The van der Waals surface area contributed by atoms with Crippen LogP contribution in [0.4, 0.5) is 4.39 Å². The third kappa shape index (κ3) is 7.52. The average molecular weight is 828 g/mol. The number of benzene rings is 3. The molecule has 0 amide bonds. The second kappa shape index (κ2) is 13.9. The molecule has 0 spiro atoms. The first-order valence-electron chi connectivity index (χ1n) is 15.1. The number of pyridine rings is 2. The molecule has 6 aromatic rings. The fourth-order valence-corrected chi connectivity index (χ4v) is 9.46. The zero-order chi connectivity index (χ0) is 31.9. The van der Waals surface area contributed by atoms with Crippen LogP contribution in [0.2, 0.25) is 17.3 Å². The number of hydrogen-bond acceptors (Lipinski definition) is 3. The fraction of sp³-hybridized carbons (Fsp3) is 0.243. The predicted octanol–water partition coefficient (Wildman–Crippen LogP) is 10.4. The van der Waals surface area contributed by atoms with Gasteiger partial charge in [0.25, 0.3) is 0 Å². The van der Waals surface area contributed by atoms with Crippen LogP contribution in [0.25, 0.3) is 42.7 Å². The van der Waals surface area contributed by atoms with Gasteiger partial charge in [-0.2, -0.15) is 11.3 Å². The van der Waals surface area contributed by atoms with Crippen molar-refractivity contribution in [2.75, 3.05) is 0 Å². The van der Waals surface area contributed by atoms with Crippen LogP contribution in [0, 0.1) is 17.9 Å². The number of nitrogens with zero attached hydrogens (tertiary/aromatic N) is 2. The summed E-state index contributed by atoms with van der Waals surface area (Å²) in [5, 5.41) is 1.93. The third-order valence-electron chi connectivity index (χ3n) is 7.22. The van der Waals surface area contributed by atoms with Gasteiger partial charge in [-0.05, 0) is 45.9 Å². The van der Waals surface area contributed by atoms with Gasteiger partial charge < -0.3 is 4.98 Å². The summed E-state index contributed by atoms with van der Waals surface area (Å²) in [6.45, 7) is 7.63. The van der Waals surface area contributed by atoms with Crippen LogP contribution < -0.4 is 4.40 Å². The maximum atomic E-state index is 13.6. The number of fused-ring (bicyclic) bond motifs is 3. The molecule has 1 radical (unpaired) electrons. The van der Waals surface area contributed by atoms with E-state index in [1.807, 2.05) is 88.5 Å². The molecule has 3 aromatic carbocycles. The Labute approximate surface area is 278 Å². The molecule has 0 aliphatic heterocycles. The molecule has 6 heteroatoms. The summed E-state index contributed by atoms with van der Waals surface area (Å²) in [7, 11) is 0. The molecule has 0 N–H and O–H groups in total. The van der Waals surface area contributed by atoms with Crippen LogP contribution in [0.5, 0.6) is 0 Å². The van der Waals surface area contributed by atoms with E-state index in [0.29, 0.717) is 0 Å². The number of thiophene rings is 1. The molecular weight excluding hydrogens is 788 g/mol. The van der Waals surface area contributed by atoms with E-state index >= 15 is 0 Å². The van der Waals surface area contributed by atoms with Crippen molar-refractivity contribution >= 4 is 49.2 Å². The molecule has 0 atom stereocenters. The van der Waals surface area contributed by atoms with E-state index in [9.17, 15) is 4.39 Å². The van der Waals surface area contributed by atoms with Gasteiger partial charge >= 0.3 is 120 Å². The van der Waals surface area contributed by atoms with Crippen LogP contribution in [-0.2, 0) is 20.1 Å². The molecule has 0 unspecified atom stereocenters. The monoisotopic (exact) mass is 829 g/mol. The van der Waals surface area contributed by atoms with Crippen LogP contribution in [0.1, 0.15) is 53.4 Å². The molecule has 3 aromatic heterocycles. The van der Waals surface area contributed by atoms with Gasteiger partial charge in [0, 0.05) is 32.4 Å². The third-order valence-corrected chi connectivity index (χ3v) is 12.7. The molecule has 0 saturated heterocycles. The van der Waals surface area contributed by atoms with E-state index in [2.05, 4.69) is 45.4 Å². The molecule has 0 bridgehead atoms. The zero-order valence-corrected chi connectivity index (χ0v) is 30.9. The summed E-state index contributed by atoms with van der Waals surface area (Å²) in [4.78, 5) is 9.10. The Hall–Kier alpha value is -2.70. The van der Waals surface area contributed by atoms with E-state index in [-0.39, 0.29) is 25.9 Å². The topological polar surface area (TPSA) is 25.8 Å². The Kier molecular flexibility index (Phi) is 9.84. The summed E-state index contributed by atoms with van der Waals surface area (Å²) in [5.41, 5.74) is 5.63. The molecular formula is C37H37FGeIrN2S-2. The van der Waals surface area contributed by atoms with Crippen LogP contribution in [-0.4, -0.2) is 23.2 Å². The standard InChI is InChI=1S/C20H15FNS.C17H22GeN.Ir/c1-12(2)13-8-9-22-18(10-13)16-5-3-4-15-17-11-14(21)6-7-19(17)23-20(15)16;1-13(2)15-11-17(14-9-7-6-8-10-14)19-12-16(15)18(3,4)5;/h3-4,6-12H,1-2H3;6-9,11-13H,1-5H3;/q2*-1;/i12D;13D;. The van der Waals surface area contributed by atoms with Gasteiger partial charge in [-0.25, -0.2) is 4.39 Å². The summed E-state index contributed by atoms with van der Waals surface area (Å²) >= 11 is -0.405. The minimum absolute atomic E-state index is 0. The number of rotatable bonds is 5. The van der Waals surface area contributed by atoms with Crippen molar-refractivity contribution in [1.82, 2.24) is 9.97 Å². The smallest absolute Gasteiger partial charge is 0.123 e. The van der Waals surface area contributed by atoms with Gasteiger partial charge in [-0.3, -0.25) is 0 Å². The maximum absolute atomic E-state index is 13.6.